The molecule has 2 aromatic heterocycles. The van der Waals surface area contributed by atoms with E-state index in [1.54, 1.807) is 18.3 Å². The summed E-state index contributed by atoms with van der Waals surface area (Å²) in [4.78, 5) is 33.0. The van der Waals surface area contributed by atoms with Gasteiger partial charge in [0.15, 0.2) is 5.13 Å². The van der Waals surface area contributed by atoms with Crippen LogP contribution in [-0.4, -0.2) is 34.4 Å². The molecule has 8 nitrogen and oxygen atoms in total. The van der Waals surface area contributed by atoms with Crippen molar-refractivity contribution in [3.05, 3.63) is 51.4 Å². The lowest BCUT2D eigenvalue weighted by atomic mass is 10.3. The fraction of sp³-hybridized carbons (Fsp3) is 0.304. The van der Waals surface area contributed by atoms with Gasteiger partial charge in [0.1, 0.15) is 16.4 Å². The number of carbonyl (C=O) groups is 2. The summed E-state index contributed by atoms with van der Waals surface area (Å²) >= 11 is 8.81. The molecule has 34 heavy (non-hydrogen) atoms. The second-order valence-corrected chi connectivity index (χ2v) is 10.3. The van der Waals surface area contributed by atoms with Gasteiger partial charge in [-0.05, 0) is 43.9 Å². The molecule has 0 saturated heterocycles. The number of hydrogen-bond donors (Lipinski definition) is 2. The Hall–Kier alpha value is -2.95. The molecule has 0 radical (unpaired) electrons. The Balaban J connectivity index is 1.28. The Morgan fingerprint density at radius 2 is 2.09 bits per heavy atom. The van der Waals surface area contributed by atoms with E-state index in [0.29, 0.717) is 31.9 Å². The van der Waals surface area contributed by atoms with E-state index in [4.69, 9.17) is 21.1 Å². The van der Waals surface area contributed by atoms with Crippen LogP contribution < -0.4 is 20.1 Å². The first kappa shape index (κ1) is 24.2. The zero-order chi connectivity index (χ0) is 24.1. The van der Waals surface area contributed by atoms with E-state index < -0.39 is 0 Å². The third-order valence-electron chi connectivity index (χ3n) is 4.71. The number of benzene rings is 1. The van der Waals surface area contributed by atoms with Gasteiger partial charge in [0.2, 0.25) is 5.91 Å². The molecule has 2 N–H and O–H groups in total. The summed E-state index contributed by atoms with van der Waals surface area (Å²) < 4.78 is 11.6. The summed E-state index contributed by atoms with van der Waals surface area (Å²) in [7, 11) is 0. The topological polar surface area (TPSA) is 102 Å². The van der Waals surface area contributed by atoms with E-state index in [9.17, 15) is 9.59 Å². The molecular weight excluding hydrogens is 496 g/mol. The number of halogens is 1. The maximum atomic E-state index is 12.4. The molecule has 0 aliphatic heterocycles. The first-order chi connectivity index (χ1) is 16.4. The van der Waals surface area contributed by atoms with Gasteiger partial charge in [-0.2, -0.15) is 0 Å². The van der Waals surface area contributed by atoms with Crippen LogP contribution in [0.2, 0.25) is 5.02 Å². The molecule has 0 bridgehead atoms. The fourth-order valence-electron chi connectivity index (χ4n) is 2.79. The highest BCUT2D eigenvalue weighted by Crippen LogP contribution is 2.35. The molecule has 1 atom stereocenters. The molecule has 4 rings (SSSR count). The number of aromatic nitrogens is 2. The van der Waals surface area contributed by atoms with Crippen LogP contribution in [0.4, 0.5) is 5.13 Å². The highest BCUT2D eigenvalue weighted by atomic mass is 35.5. The van der Waals surface area contributed by atoms with Gasteiger partial charge in [-0.1, -0.05) is 40.4 Å². The highest BCUT2D eigenvalue weighted by molar-refractivity contribution is 7.17. The van der Waals surface area contributed by atoms with Gasteiger partial charge in [-0.3, -0.25) is 9.59 Å². The number of amides is 2. The number of nitrogens with one attached hydrogen (secondary N) is 2. The molecule has 1 aliphatic rings. The van der Waals surface area contributed by atoms with Crippen molar-refractivity contribution in [2.24, 2.45) is 5.92 Å². The molecule has 1 aliphatic carbocycles. The first-order valence-corrected chi connectivity index (χ1v) is 12.7. The molecule has 3 aromatic rings. The maximum Gasteiger partial charge on any atom is 0.279 e. The minimum atomic E-state index is -0.265. The molecule has 1 fully saturated rings. The maximum absolute atomic E-state index is 12.4. The smallest absolute Gasteiger partial charge is 0.279 e. The van der Waals surface area contributed by atoms with E-state index >= 15 is 0 Å². The molecular formula is C23H23ClN4O4S2. The van der Waals surface area contributed by atoms with Crippen molar-refractivity contribution >= 4 is 57.3 Å². The number of anilines is 1. The second-order valence-electron chi connectivity index (χ2n) is 7.81. The third-order valence-corrected chi connectivity index (χ3v) is 6.75. The van der Waals surface area contributed by atoms with Gasteiger partial charge in [0, 0.05) is 25.2 Å². The SMILES string of the molecule is CC(=O)Nc1ncc(C(=O)N[C@@H](C)C=Cc2cnc(Oc3ccc(OCC4CC4)cc3Cl)s2)s1. The van der Waals surface area contributed by atoms with Crippen LogP contribution >= 0.6 is 34.3 Å². The van der Waals surface area contributed by atoms with Crippen molar-refractivity contribution in [2.75, 3.05) is 11.9 Å². The Bertz CT molecular complexity index is 1210. The third kappa shape index (κ3) is 7.02. The Morgan fingerprint density at radius 3 is 2.82 bits per heavy atom. The zero-order valence-electron chi connectivity index (χ0n) is 18.5. The molecule has 2 amide bonds. The van der Waals surface area contributed by atoms with E-state index in [1.165, 1.54) is 37.3 Å². The van der Waals surface area contributed by atoms with Crippen molar-refractivity contribution in [1.29, 1.82) is 0 Å². The summed E-state index contributed by atoms with van der Waals surface area (Å²) in [6.45, 7) is 3.97. The van der Waals surface area contributed by atoms with Gasteiger partial charge in [-0.15, -0.1) is 0 Å². The van der Waals surface area contributed by atoms with Crippen LogP contribution in [0.5, 0.6) is 16.7 Å². The van der Waals surface area contributed by atoms with Gasteiger partial charge in [0.05, 0.1) is 22.7 Å². The van der Waals surface area contributed by atoms with Crippen LogP contribution in [0.3, 0.4) is 0 Å². The molecule has 2 heterocycles. The van der Waals surface area contributed by atoms with Crippen LogP contribution in [0.25, 0.3) is 6.08 Å². The van der Waals surface area contributed by atoms with Crippen molar-refractivity contribution in [3.63, 3.8) is 0 Å². The summed E-state index contributed by atoms with van der Waals surface area (Å²) in [5, 5.41) is 6.74. The van der Waals surface area contributed by atoms with E-state index in [2.05, 4.69) is 20.6 Å². The van der Waals surface area contributed by atoms with E-state index in [0.717, 1.165) is 28.6 Å². The fourth-order valence-corrected chi connectivity index (χ4v) is 4.46. The average molecular weight is 519 g/mol. The first-order valence-electron chi connectivity index (χ1n) is 10.6. The van der Waals surface area contributed by atoms with Crippen LogP contribution in [0.15, 0.2) is 36.7 Å². The number of carbonyl (C=O) groups excluding carboxylic acids is 2. The Labute approximate surface area is 210 Å². The van der Waals surface area contributed by atoms with Crippen molar-refractivity contribution < 1.29 is 19.1 Å². The molecule has 178 valence electrons. The largest absolute Gasteiger partial charge is 0.493 e. The van der Waals surface area contributed by atoms with Gasteiger partial charge < -0.3 is 20.1 Å². The van der Waals surface area contributed by atoms with Crippen LogP contribution in [0, 0.1) is 5.92 Å². The summed E-state index contributed by atoms with van der Waals surface area (Å²) in [6, 6.07) is 5.13. The number of hydrogen-bond acceptors (Lipinski definition) is 8. The van der Waals surface area contributed by atoms with Gasteiger partial charge in [-0.25, -0.2) is 9.97 Å². The molecule has 11 heteroatoms. The van der Waals surface area contributed by atoms with Gasteiger partial charge >= 0.3 is 0 Å². The lowest BCUT2D eigenvalue weighted by Gasteiger charge is -2.08. The zero-order valence-corrected chi connectivity index (χ0v) is 20.9. The lowest BCUT2D eigenvalue weighted by Crippen LogP contribution is -2.30. The molecule has 0 unspecified atom stereocenters. The summed E-state index contributed by atoms with van der Waals surface area (Å²) in [6.07, 6.45) is 9.30. The van der Waals surface area contributed by atoms with Crippen LogP contribution in [-0.2, 0) is 4.79 Å². The lowest BCUT2D eigenvalue weighted by molar-refractivity contribution is -0.114. The minimum Gasteiger partial charge on any atom is -0.493 e. The Kier molecular flexibility index (Phi) is 7.81. The number of rotatable bonds is 10. The number of thiazole rings is 2. The van der Waals surface area contributed by atoms with Crippen molar-refractivity contribution in [1.82, 2.24) is 15.3 Å². The van der Waals surface area contributed by atoms with Crippen molar-refractivity contribution in [3.8, 4) is 16.7 Å². The molecule has 0 spiro atoms. The Morgan fingerprint density at radius 1 is 1.26 bits per heavy atom. The summed E-state index contributed by atoms with van der Waals surface area (Å²) in [5.41, 5.74) is 0. The second kappa shape index (κ2) is 11.0. The summed E-state index contributed by atoms with van der Waals surface area (Å²) in [5.74, 6) is 1.41. The van der Waals surface area contributed by atoms with Gasteiger partial charge in [0.25, 0.3) is 11.1 Å². The number of nitrogens with zero attached hydrogens (tertiary/aromatic N) is 2. The normalized spacial score (nSPS) is 14.1. The minimum absolute atomic E-state index is 0.233. The quantitative estimate of drug-likeness (QED) is 0.361. The van der Waals surface area contributed by atoms with E-state index in [-0.39, 0.29) is 17.9 Å². The average Bonchev–Trinajstić information content (AvgIpc) is 3.32. The number of ether oxygens (including phenoxy) is 2. The van der Waals surface area contributed by atoms with Crippen molar-refractivity contribution in [2.45, 2.75) is 32.7 Å². The molecule has 1 saturated carbocycles. The van der Waals surface area contributed by atoms with Crippen LogP contribution in [0.1, 0.15) is 41.2 Å². The van der Waals surface area contributed by atoms with E-state index in [1.807, 2.05) is 25.1 Å². The highest BCUT2D eigenvalue weighted by Gasteiger charge is 2.22. The molecule has 1 aromatic carbocycles. The monoisotopic (exact) mass is 518 g/mol. The standard InChI is InChI=1S/C23H23ClN4O4S2/c1-13(27-21(30)20-11-25-22(34-20)28-14(2)29)3-7-17-10-26-23(33-17)32-19-8-6-16(9-18(19)24)31-12-15-4-5-15/h3,6-11,13,15H,4-5,12H2,1-2H3,(H,27,30)(H,25,28,29)/t13-/m0/s1. The predicted molar refractivity (Wildman–Crippen MR) is 134 cm³/mol. The predicted octanol–water partition coefficient (Wildman–Crippen LogP) is 5.62.